The second kappa shape index (κ2) is 4.34. The van der Waals surface area contributed by atoms with Crippen LogP contribution in [0, 0.1) is 0 Å². The van der Waals surface area contributed by atoms with E-state index in [4.69, 9.17) is 17.3 Å². The maximum atomic E-state index is 11.7. The van der Waals surface area contributed by atoms with E-state index in [0.29, 0.717) is 10.7 Å². The Kier molecular flexibility index (Phi) is 2.88. The van der Waals surface area contributed by atoms with Gasteiger partial charge in [-0.15, -0.1) is 0 Å². The standard InChI is InChI=1S/C10H9ClN4O2/c11-6-1-3-7(4-2-6)13-10(17)15-9(16)5-8(12)14-15/h1-5,14H,12H2,(H,13,17). The van der Waals surface area contributed by atoms with Crippen LogP contribution in [0.25, 0.3) is 0 Å². The molecule has 0 fully saturated rings. The van der Waals surface area contributed by atoms with Crippen molar-refractivity contribution in [3.05, 3.63) is 45.7 Å². The van der Waals surface area contributed by atoms with Gasteiger partial charge in [0.2, 0.25) is 0 Å². The number of nitrogens with zero attached hydrogens (tertiary/aromatic N) is 1. The third-order valence-electron chi connectivity index (χ3n) is 2.04. The molecule has 0 unspecified atom stereocenters. The number of benzene rings is 1. The normalized spacial score (nSPS) is 10.2. The summed E-state index contributed by atoms with van der Waals surface area (Å²) in [6, 6.07) is 7.01. The summed E-state index contributed by atoms with van der Waals surface area (Å²) in [6.45, 7) is 0. The van der Waals surface area contributed by atoms with Crippen LogP contribution in [0.1, 0.15) is 0 Å². The molecule has 1 amide bonds. The van der Waals surface area contributed by atoms with Crippen molar-refractivity contribution in [3.63, 3.8) is 0 Å². The number of carbonyl (C=O) groups is 1. The van der Waals surface area contributed by atoms with E-state index < -0.39 is 11.6 Å². The molecule has 2 aromatic rings. The molecule has 1 aromatic heterocycles. The van der Waals surface area contributed by atoms with Crippen molar-refractivity contribution in [2.75, 3.05) is 11.1 Å². The maximum absolute atomic E-state index is 11.7. The number of nitrogen functional groups attached to an aromatic ring is 1. The summed E-state index contributed by atoms with van der Waals surface area (Å²) in [7, 11) is 0. The van der Waals surface area contributed by atoms with E-state index in [1.807, 2.05) is 0 Å². The molecule has 1 aromatic carbocycles. The molecule has 0 spiro atoms. The number of aromatic nitrogens is 2. The minimum atomic E-state index is -0.617. The minimum Gasteiger partial charge on any atom is -0.384 e. The van der Waals surface area contributed by atoms with Crippen LogP contribution in [-0.2, 0) is 0 Å². The first-order valence-corrected chi connectivity index (χ1v) is 5.08. The molecule has 0 saturated carbocycles. The van der Waals surface area contributed by atoms with Crippen LogP contribution >= 0.6 is 11.6 Å². The summed E-state index contributed by atoms with van der Waals surface area (Å²) in [5.41, 5.74) is 5.36. The van der Waals surface area contributed by atoms with Gasteiger partial charge in [-0.25, -0.2) is 4.79 Å². The lowest BCUT2D eigenvalue weighted by atomic mass is 10.3. The molecule has 0 saturated heterocycles. The van der Waals surface area contributed by atoms with Crippen molar-refractivity contribution in [1.82, 2.24) is 9.78 Å². The minimum absolute atomic E-state index is 0.126. The number of nitrogens with two attached hydrogens (primary N) is 1. The summed E-state index contributed by atoms with van der Waals surface area (Å²) in [5.74, 6) is 0.126. The van der Waals surface area contributed by atoms with Crippen LogP contribution in [0.3, 0.4) is 0 Å². The predicted molar refractivity (Wildman–Crippen MR) is 65.3 cm³/mol. The summed E-state index contributed by atoms with van der Waals surface area (Å²) in [5, 5.41) is 5.50. The van der Waals surface area contributed by atoms with Gasteiger partial charge in [-0.3, -0.25) is 9.89 Å². The van der Waals surface area contributed by atoms with Gasteiger partial charge in [0.1, 0.15) is 5.82 Å². The first-order chi connectivity index (χ1) is 8.06. The van der Waals surface area contributed by atoms with Crippen molar-refractivity contribution < 1.29 is 4.79 Å². The average Bonchev–Trinajstić information content (AvgIpc) is 2.61. The number of amides is 1. The van der Waals surface area contributed by atoms with Crippen LogP contribution in [0.2, 0.25) is 5.02 Å². The van der Waals surface area contributed by atoms with Crippen molar-refractivity contribution in [2.45, 2.75) is 0 Å². The lowest BCUT2D eigenvalue weighted by Crippen LogP contribution is -2.29. The molecule has 0 radical (unpaired) electrons. The number of nitrogens with one attached hydrogen (secondary N) is 2. The average molecular weight is 253 g/mol. The van der Waals surface area contributed by atoms with Crippen LogP contribution in [0.5, 0.6) is 0 Å². The zero-order chi connectivity index (χ0) is 12.4. The molecule has 0 bridgehead atoms. The molecule has 7 heteroatoms. The van der Waals surface area contributed by atoms with Crippen LogP contribution in [-0.4, -0.2) is 15.8 Å². The number of H-pyrrole nitrogens is 1. The van der Waals surface area contributed by atoms with Gasteiger partial charge >= 0.3 is 6.03 Å². The van der Waals surface area contributed by atoms with E-state index in [-0.39, 0.29) is 5.82 Å². The van der Waals surface area contributed by atoms with Crippen LogP contribution < -0.4 is 16.6 Å². The summed E-state index contributed by atoms with van der Waals surface area (Å²) < 4.78 is 0.782. The molecule has 0 atom stereocenters. The van der Waals surface area contributed by atoms with Gasteiger partial charge in [-0.1, -0.05) is 11.6 Å². The van der Waals surface area contributed by atoms with E-state index in [9.17, 15) is 9.59 Å². The number of aromatic amines is 1. The van der Waals surface area contributed by atoms with E-state index in [1.165, 1.54) is 0 Å². The Morgan fingerprint density at radius 1 is 1.35 bits per heavy atom. The molecule has 1 heterocycles. The predicted octanol–water partition coefficient (Wildman–Crippen LogP) is 1.49. The Labute approximate surface area is 101 Å². The highest BCUT2D eigenvalue weighted by Crippen LogP contribution is 2.13. The van der Waals surface area contributed by atoms with E-state index in [0.717, 1.165) is 10.7 Å². The fraction of sp³-hybridized carbons (Fsp3) is 0. The van der Waals surface area contributed by atoms with Gasteiger partial charge in [0.05, 0.1) is 0 Å². The number of carbonyl (C=O) groups excluding carboxylic acids is 1. The number of rotatable bonds is 1. The molecule has 2 rings (SSSR count). The van der Waals surface area contributed by atoms with E-state index in [1.54, 1.807) is 24.3 Å². The molecule has 6 nitrogen and oxygen atoms in total. The van der Waals surface area contributed by atoms with Crippen molar-refractivity contribution in [3.8, 4) is 0 Å². The topological polar surface area (TPSA) is 92.9 Å². The van der Waals surface area contributed by atoms with Crippen molar-refractivity contribution in [2.24, 2.45) is 0 Å². The highest BCUT2D eigenvalue weighted by molar-refractivity contribution is 6.30. The Morgan fingerprint density at radius 2 is 2.00 bits per heavy atom. The summed E-state index contributed by atoms with van der Waals surface area (Å²) in [4.78, 5) is 23.0. The SMILES string of the molecule is Nc1cc(=O)n(C(=O)Nc2ccc(Cl)cc2)[nH]1. The Morgan fingerprint density at radius 3 is 2.53 bits per heavy atom. The number of anilines is 2. The summed E-state index contributed by atoms with van der Waals surface area (Å²) >= 11 is 5.70. The smallest absolute Gasteiger partial charge is 0.348 e. The van der Waals surface area contributed by atoms with Crippen molar-refractivity contribution in [1.29, 1.82) is 0 Å². The highest BCUT2D eigenvalue weighted by atomic mass is 35.5. The van der Waals surface area contributed by atoms with Gasteiger partial charge in [0.25, 0.3) is 5.56 Å². The molecule has 88 valence electrons. The van der Waals surface area contributed by atoms with E-state index >= 15 is 0 Å². The third-order valence-corrected chi connectivity index (χ3v) is 2.29. The number of halogens is 1. The van der Waals surface area contributed by atoms with Gasteiger partial charge < -0.3 is 11.1 Å². The van der Waals surface area contributed by atoms with Gasteiger partial charge in [0.15, 0.2) is 0 Å². The van der Waals surface area contributed by atoms with E-state index in [2.05, 4.69) is 10.4 Å². The first kappa shape index (κ1) is 11.3. The summed E-state index contributed by atoms with van der Waals surface area (Å²) in [6.07, 6.45) is 0. The molecule has 4 N–H and O–H groups in total. The monoisotopic (exact) mass is 252 g/mol. The van der Waals surface area contributed by atoms with Crippen LogP contribution in [0.4, 0.5) is 16.3 Å². The van der Waals surface area contributed by atoms with Crippen molar-refractivity contribution >= 4 is 29.1 Å². The third kappa shape index (κ3) is 2.48. The van der Waals surface area contributed by atoms with Crippen LogP contribution in [0.15, 0.2) is 35.1 Å². The molecular formula is C10H9ClN4O2. The van der Waals surface area contributed by atoms with Gasteiger partial charge in [-0.05, 0) is 24.3 Å². The Bertz CT molecular complexity index is 600. The maximum Gasteiger partial charge on any atom is 0.348 e. The lowest BCUT2D eigenvalue weighted by Gasteiger charge is -2.04. The zero-order valence-corrected chi connectivity index (χ0v) is 9.36. The van der Waals surface area contributed by atoms with Gasteiger partial charge in [0, 0.05) is 16.8 Å². The number of hydrogen-bond donors (Lipinski definition) is 3. The van der Waals surface area contributed by atoms with Gasteiger partial charge in [-0.2, -0.15) is 4.68 Å². The number of hydrogen-bond acceptors (Lipinski definition) is 3. The Balaban J connectivity index is 2.20. The molecule has 17 heavy (non-hydrogen) atoms. The quantitative estimate of drug-likeness (QED) is 0.718. The lowest BCUT2D eigenvalue weighted by molar-refractivity contribution is 0.250. The Hall–Kier alpha value is -2.21. The second-order valence-electron chi connectivity index (χ2n) is 3.32. The molecule has 0 aliphatic carbocycles. The second-order valence-corrected chi connectivity index (χ2v) is 3.76. The fourth-order valence-corrected chi connectivity index (χ4v) is 1.40. The largest absolute Gasteiger partial charge is 0.384 e. The molecule has 0 aliphatic rings. The fourth-order valence-electron chi connectivity index (χ4n) is 1.28. The molecular weight excluding hydrogens is 244 g/mol. The highest BCUT2D eigenvalue weighted by Gasteiger charge is 2.09. The zero-order valence-electron chi connectivity index (χ0n) is 8.61. The molecule has 0 aliphatic heterocycles. The first-order valence-electron chi connectivity index (χ1n) is 4.71.